The smallest absolute Gasteiger partial charge is 0.286 e. The number of aromatic nitrogens is 2. The molecule has 6 aliphatic rings. The van der Waals surface area contributed by atoms with Crippen molar-refractivity contribution in [2.45, 2.75) is 63.0 Å². The molecule has 0 radical (unpaired) electrons. The maximum atomic E-state index is 15.0. The van der Waals surface area contributed by atoms with E-state index in [1.165, 1.54) is 11.1 Å². The molecule has 2 saturated heterocycles. The van der Waals surface area contributed by atoms with Crippen molar-refractivity contribution in [2.75, 3.05) is 81.8 Å². The van der Waals surface area contributed by atoms with E-state index in [1.807, 2.05) is 25.1 Å². The van der Waals surface area contributed by atoms with Crippen LogP contribution in [0.3, 0.4) is 0 Å². The third-order valence-corrected chi connectivity index (χ3v) is 15.8. The molecule has 1 spiro atoms. The Labute approximate surface area is 352 Å². The number of allylic oxidation sites excluding steroid dienone is 1. The minimum absolute atomic E-state index is 0.0155. The van der Waals surface area contributed by atoms with E-state index in [0.717, 1.165) is 69.1 Å². The fraction of sp³-hybridized carbons (Fsp3) is 0.568. The zero-order valence-electron chi connectivity index (χ0n) is 34.3. The molecule has 2 aromatic carbocycles. The second-order valence-corrected chi connectivity index (χ2v) is 20.1. The first kappa shape index (κ1) is 40.5. The highest BCUT2D eigenvalue weighted by Crippen LogP contribution is 2.47. The predicted octanol–water partition coefficient (Wildman–Crippen LogP) is 5.66. The molecule has 2 aliphatic carbocycles. The minimum Gasteiger partial charge on any atom is -0.490 e. The SMILES string of the molecule is CO[C@H]1/C=C/C[C@H](C)CS(=O)(NC(=O)c2cn(C)nc2N2CCN3CCOC[C@@H]3C2)=NC(=O)c2ccc3c(c2)N(C[C@@H]2CC[C@H]21)C[C@@]1(CCCc2cc(Cl)ccc21)CO3. The Kier molecular flexibility index (Phi) is 11.3. The average Bonchev–Trinajstić information content (AvgIpc) is 3.54. The van der Waals surface area contributed by atoms with Crippen molar-refractivity contribution in [1.29, 1.82) is 0 Å². The van der Waals surface area contributed by atoms with Gasteiger partial charge in [0.1, 0.15) is 21.2 Å². The standard InChI is InChI=1S/C44H56ClN7O6S/c1-29-6-4-8-39(56-3)35-12-9-32(35)22-52-27-44(15-5-7-30-20-33(45)11-13-37(30)44)28-58-40-14-10-31(21-38(40)52)42(53)47-59(55,26-29)48-43(54)36-24-49(2)46-41(36)51-17-16-50-18-19-57-25-34(50)23-51/h4,8,10-11,13-14,20-21,24,29,32,34-35,39H,5-7,9,12,15-19,22-23,25-28H2,1-3H3,(H,47,48,53,54,55)/b8-4+/t29-,32-,34-,35+,39-,44-,59?/m0/s1. The van der Waals surface area contributed by atoms with Crippen LogP contribution in [0.5, 0.6) is 5.75 Å². The zero-order valence-corrected chi connectivity index (χ0v) is 35.9. The largest absolute Gasteiger partial charge is 0.490 e. The van der Waals surface area contributed by atoms with E-state index in [2.05, 4.69) is 53.2 Å². The topological polar surface area (TPSA) is 131 Å². The third-order valence-electron chi connectivity index (χ3n) is 13.6. The number of nitrogens with zero attached hydrogens (tertiary/aromatic N) is 6. The van der Waals surface area contributed by atoms with Crippen molar-refractivity contribution < 1.29 is 28.0 Å². The van der Waals surface area contributed by atoms with Gasteiger partial charge in [-0.2, -0.15) is 5.10 Å². The Bertz CT molecular complexity index is 2260. The Morgan fingerprint density at radius 1 is 1.10 bits per heavy atom. The number of hydrogen-bond acceptors (Lipinski definition) is 10. The quantitative estimate of drug-likeness (QED) is 0.329. The Hall–Kier alpha value is -3.95. The molecule has 316 valence electrons. The fourth-order valence-electron chi connectivity index (χ4n) is 10.4. The molecule has 4 aliphatic heterocycles. The lowest BCUT2D eigenvalue weighted by atomic mass is 9.68. The Morgan fingerprint density at radius 2 is 1.98 bits per heavy atom. The number of piperazine rings is 1. The number of amides is 2. The summed E-state index contributed by atoms with van der Waals surface area (Å²) in [7, 11) is -0.0861. The molecular weight excluding hydrogens is 790 g/mol. The number of aryl methyl sites for hydroxylation is 2. The first-order chi connectivity index (χ1) is 28.5. The number of hydrogen-bond donors (Lipinski definition) is 1. The van der Waals surface area contributed by atoms with Crippen LogP contribution in [0.4, 0.5) is 11.5 Å². The first-order valence-corrected chi connectivity index (χ1v) is 23.3. The number of rotatable bonds is 4. The summed E-state index contributed by atoms with van der Waals surface area (Å²) in [5.41, 5.74) is 3.66. The summed E-state index contributed by atoms with van der Waals surface area (Å²) in [6.45, 7) is 8.35. The molecule has 1 aromatic heterocycles. The molecular formula is C44H56ClN7O6S. The van der Waals surface area contributed by atoms with Gasteiger partial charge < -0.3 is 24.0 Å². The number of anilines is 2. The molecule has 7 atom stereocenters. The maximum Gasteiger partial charge on any atom is 0.286 e. The molecule has 5 heterocycles. The van der Waals surface area contributed by atoms with Crippen LogP contribution in [0.15, 0.2) is 59.1 Å². The number of morpholine rings is 1. The van der Waals surface area contributed by atoms with Crippen LogP contribution < -0.4 is 19.3 Å². The van der Waals surface area contributed by atoms with Crippen LogP contribution in [0.1, 0.15) is 70.9 Å². The molecule has 9 rings (SSSR count). The van der Waals surface area contributed by atoms with Gasteiger partial charge in [-0.25, -0.2) is 4.21 Å². The van der Waals surface area contributed by atoms with E-state index >= 15 is 4.21 Å². The summed E-state index contributed by atoms with van der Waals surface area (Å²) in [5.74, 6) is 0.501. The van der Waals surface area contributed by atoms with Crippen LogP contribution in [0, 0.1) is 17.8 Å². The van der Waals surface area contributed by atoms with Gasteiger partial charge >= 0.3 is 0 Å². The number of ether oxygens (including phenoxy) is 3. The molecule has 59 heavy (non-hydrogen) atoms. The molecule has 2 amide bonds. The minimum atomic E-state index is -3.63. The van der Waals surface area contributed by atoms with Gasteiger partial charge in [0.15, 0.2) is 5.82 Å². The lowest BCUT2D eigenvalue weighted by molar-refractivity contribution is -0.0118. The van der Waals surface area contributed by atoms with Gasteiger partial charge in [-0.3, -0.25) is 23.9 Å². The van der Waals surface area contributed by atoms with Gasteiger partial charge in [0.25, 0.3) is 11.8 Å². The van der Waals surface area contributed by atoms with E-state index in [4.69, 9.17) is 25.8 Å². The van der Waals surface area contributed by atoms with Crippen molar-refractivity contribution in [2.24, 2.45) is 29.2 Å². The van der Waals surface area contributed by atoms with Gasteiger partial charge in [0.05, 0.1) is 43.4 Å². The summed E-state index contributed by atoms with van der Waals surface area (Å²) < 4.78 is 42.4. The molecule has 15 heteroatoms. The summed E-state index contributed by atoms with van der Waals surface area (Å²) >= 11 is 6.50. The van der Waals surface area contributed by atoms with Crippen LogP contribution in [0.25, 0.3) is 0 Å². The second-order valence-electron chi connectivity index (χ2n) is 17.6. The van der Waals surface area contributed by atoms with Crippen LogP contribution in [-0.4, -0.2) is 115 Å². The number of halogens is 1. The summed E-state index contributed by atoms with van der Waals surface area (Å²) in [4.78, 5) is 35.5. The first-order valence-electron chi connectivity index (χ1n) is 21.2. The van der Waals surface area contributed by atoms with E-state index in [1.54, 1.807) is 31.1 Å². The van der Waals surface area contributed by atoms with Gasteiger partial charge in [0, 0.05) is 75.6 Å². The number of carbonyl (C=O) groups is 2. The summed E-state index contributed by atoms with van der Waals surface area (Å²) in [5, 5.41) is 5.42. The molecule has 1 N–H and O–H groups in total. The fourth-order valence-corrected chi connectivity index (χ4v) is 12.5. The molecule has 3 aromatic rings. The third kappa shape index (κ3) is 8.15. The van der Waals surface area contributed by atoms with Crippen LogP contribution in [0.2, 0.25) is 5.02 Å². The Balaban J connectivity index is 1.07. The highest BCUT2D eigenvalue weighted by molar-refractivity contribution is 7.92. The molecule has 1 unspecified atom stereocenters. The summed E-state index contributed by atoms with van der Waals surface area (Å²) in [6.07, 6.45) is 11.5. The van der Waals surface area contributed by atoms with E-state index in [9.17, 15) is 9.59 Å². The number of fused-ring (bicyclic) bond motifs is 5. The van der Waals surface area contributed by atoms with Crippen molar-refractivity contribution in [1.82, 2.24) is 19.4 Å². The second kappa shape index (κ2) is 16.5. The van der Waals surface area contributed by atoms with Crippen molar-refractivity contribution >= 4 is 44.8 Å². The van der Waals surface area contributed by atoms with Gasteiger partial charge in [-0.15, -0.1) is 4.36 Å². The van der Waals surface area contributed by atoms with Gasteiger partial charge in [-0.1, -0.05) is 36.7 Å². The number of benzene rings is 2. The number of nitrogens with one attached hydrogen (secondary N) is 1. The highest BCUT2D eigenvalue weighted by atomic mass is 35.5. The van der Waals surface area contributed by atoms with E-state index < -0.39 is 21.7 Å². The molecule has 1 saturated carbocycles. The molecule has 3 fully saturated rings. The van der Waals surface area contributed by atoms with Crippen LogP contribution in [-0.2, 0) is 38.3 Å². The average molecular weight is 846 g/mol. The van der Waals surface area contributed by atoms with Crippen molar-refractivity contribution in [3.8, 4) is 5.75 Å². The van der Waals surface area contributed by atoms with E-state index in [-0.39, 0.29) is 29.2 Å². The van der Waals surface area contributed by atoms with Gasteiger partial charge in [0.2, 0.25) is 0 Å². The lowest BCUT2D eigenvalue weighted by Crippen LogP contribution is -2.58. The number of carbonyl (C=O) groups excluding carboxylic acids is 2. The predicted molar refractivity (Wildman–Crippen MR) is 229 cm³/mol. The lowest BCUT2D eigenvalue weighted by Gasteiger charge is -2.46. The highest BCUT2D eigenvalue weighted by Gasteiger charge is 2.44. The van der Waals surface area contributed by atoms with Crippen LogP contribution >= 0.6 is 11.6 Å². The van der Waals surface area contributed by atoms with Crippen molar-refractivity contribution in [3.63, 3.8) is 0 Å². The zero-order chi connectivity index (χ0) is 40.9. The molecule has 13 nitrogen and oxygen atoms in total. The number of methoxy groups -OCH3 is 1. The summed E-state index contributed by atoms with van der Waals surface area (Å²) in [6, 6.07) is 11.8. The normalized spacial score (nSPS) is 31.7. The maximum absolute atomic E-state index is 15.0. The van der Waals surface area contributed by atoms with E-state index in [0.29, 0.717) is 73.8 Å². The van der Waals surface area contributed by atoms with Gasteiger partial charge in [-0.05, 0) is 97.7 Å². The molecule has 2 bridgehead atoms. The Morgan fingerprint density at radius 3 is 2.81 bits per heavy atom. The van der Waals surface area contributed by atoms with Crippen molar-refractivity contribution in [3.05, 3.63) is 82.0 Å². The monoisotopic (exact) mass is 845 g/mol.